The highest BCUT2D eigenvalue weighted by atomic mass is 14.1. The van der Waals surface area contributed by atoms with Gasteiger partial charge in [0.2, 0.25) is 0 Å². The van der Waals surface area contributed by atoms with Gasteiger partial charge in [-0.25, -0.2) is 0 Å². The first kappa shape index (κ1) is 6.64. The van der Waals surface area contributed by atoms with Crippen LogP contribution in [0, 0.1) is 5.92 Å². The van der Waals surface area contributed by atoms with E-state index in [9.17, 15) is 0 Å². The standard InChI is InChI=1S/C9H14/c1-2-6-9-7-4-3-5-8-9/h6,9H,1,3-5,7-8H2. The Kier molecular flexibility index (Phi) is 2.60. The molecule has 0 amide bonds. The maximum absolute atomic E-state index is 3.57. The number of allylic oxidation sites excluding steroid dienone is 1. The van der Waals surface area contributed by atoms with Crippen LogP contribution in [0.2, 0.25) is 0 Å². The molecule has 0 aromatic heterocycles. The first-order chi connectivity index (χ1) is 4.43. The van der Waals surface area contributed by atoms with E-state index in [4.69, 9.17) is 0 Å². The Balaban J connectivity index is 2.31. The zero-order chi connectivity index (χ0) is 6.53. The molecular weight excluding hydrogens is 108 g/mol. The van der Waals surface area contributed by atoms with Crippen molar-refractivity contribution in [3.8, 4) is 0 Å². The Morgan fingerprint density at radius 2 is 1.89 bits per heavy atom. The van der Waals surface area contributed by atoms with Crippen molar-refractivity contribution in [1.82, 2.24) is 0 Å². The van der Waals surface area contributed by atoms with Crippen LogP contribution in [-0.4, -0.2) is 0 Å². The van der Waals surface area contributed by atoms with Crippen LogP contribution in [0.15, 0.2) is 18.4 Å². The molecule has 0 nitrogen and oxygen atoms in total. The fourth-order valence-electron chi connectivity index (χ4n) is 1.47. The summed E-state index contributed by atoms with van der Waals surface area (Å²) in [5.41, 5.74) is 2.86. The third-order valence-corrected chi connectivity index (χ3v) is 2.00. The monoisotopic (exact) mass is 122 g/mol. The molecule has 0 N–H and O–H groups in total. The molecular formula is C9H14. The minimum absolute atomic E-state index is 0.802. The lowest BCUT2D eigenvalue weighted by atomic mass is 9.89. The van der Waals surface area contributed by atoms with Crippen LogP contribution in [-0.2, 0) is 0 Å². The second kappa shape index (κ2) is 3.53. The average molecular weight is 122 g/mol. The van der Waals surface area contributed by atoms with Crippen molar-refractivity contribution < 1.29 is 0 Å². The molecule has 0 atom stereocenters. The largest absolute Gasteiger partial charge is 0.133 e. The van der Waals surface area contributed by atoms with Gasteiger partial charge in [0.15, 0.2) is 0 Å². The molecule has 50 valence electrons. The summed E-state index contributed by atoms with van der Waals surface area (Å²) in [5.74, 6) is 0.802. The lowest BCUT2D eigenvalue weighted by Gasteiger charge is -2.16. The van der Waals surface area contributed by atoms with E-state index in [0.717, 1.165) is 5.92 Å². The van der Waals surface area contributed by atoms with Crippen LogP contribution in [0.25, 0.3) is 0 Å². The molecule has 1 saturated carbocycles. The minimum Gasteiger partial charge on any atom is -0.133 e. The zero-order valence-corrected chi connectivity index (χ0v) is 5.90. The second-order valence-electron chi connectivity index (χ2n) is 2.77. The zero-order valence-electron chi connectivity index (χ0n) is 5.90. The predicted octanol–water partition coefficient (Wildman–Crippen LogP) is 2.91. The van der Waals surface area contributed by atoms with Crippen molar-refractivity contribution in [2.75, 3.05) is 0 Å². The predicted molar refractivity (Wildman–Crippen MR) is 40.3 cm³/mol. The molecule has 0 aromatic carbocycles. The van der Waals surface area contributed by atoms with Gasteiger partial charge in [0.05, 0.1) is 0 Å². The Morgan fingerprint density at radius 1 is 1.22 bits per heavy atom. The Bertz CT molecular complexity index is 112. The fraction of sp³-hybridized carbons (Fsp3) is 0.667. The molecule has 0 unspecified atom stereocenters. The first-order valence-corrected chi connectivity index (χ1v) is 3.79. The van der Waals surface area contributed by atoms with E-state index in [2.05, 4.69) is 18.4 Å². The molecule has 0 aliphatic heterocycles. The van der Waals surface area contributed by atoms with Gasteiger partial charge in [-0.15, -0.1) is 5.73 Å². The summed E-state index contributed by atoms with van der Waals surface area (Å²) < 4.78 is 0. The number of hydrogen-bond donors (Lipinski definition) is 0. The topological polar surface area (TPSA) is 0 Å². The summed E-state index contributed by atoms with van der Waals surface area (Å²) in [5, 5.41) is 0. The first-order valence-electron chi connectivity index (χ1n) is 3.79. The van der Waals surface area contributed by atoms with Crippen molar-refractivity contribution in [2.45, 2.75) is 32.1 Å². The number of hydrogen-bond acceptors (Lipinski definition) is 0. The molecule has 0 radical (unpaired) electrons. The Labute approximate surface area is 57.3 Å². The molecule has 1 fully saturated rings. The molecule has 0 spiro atoms. The molecule has 0 aromatic rings. The lowest BCUT2D eigenvalue weighted by Crippen LogP contribution is -2.01. The minimum atomic E-state index is 0.802. The molecule has 1 rings (SSSR count). The number of rotatable bonds is 1. The Morgan fingerprint density at radius 3 is 2.44 bits per heavy atom. The summed E-state index contributed by atoms with van der Waals surface area (Å²) in [6.07, 6.45) is 9.09. The lowest BCUT2D eigenvalue weighted by molar-refractivity contribution is 0.420. The van der Waals surface area contributed by atoms with Gasteiger partial charge in [0.1, 0.15) is 0 Å². The normalized spacial score (nSPS) is 20.9. The van der Waals surface area contributed by atoms with Crippen LogP contribution in [0.5, 0.6) is 0 Å². The van der Waals surface area contributed by atoms with Crippen molar-refractivity contribution in [3.05, 3.63) is 18.4 Å². The van der Waals surface area contributed by atoms with Crippen LogP contribution in [0.4, 0.5) is 0 Å². The maximum atomic E-state index is 3.57. The molecule has 0 bridgehead atoms. The smallest absolute Gasteiger partial charge is 0.0158 e. The summed E-state index contributed by atoms with van der Waals surface area (Å²) in [6.45, 7) is 3.57. The van der Waals surface area contributed by atoms with E-state index >= 15 is 0 Å². The van der Waals surface area contributed by atoms with Crippen molar-refractivity contribution in [3.63, 3.8) is 0 Å². The summed E-state index contributed by atoms with van der Waals surface area (Å²) in [6, 6.07) is 0. The van der Waals surface area contributed by atoms with E-state index in [1.165, 1.54) is 32.1 Å². The quantitative estimate of drug-likeness (QED) is 0.469. The molecule has 9 heavy (non-hydrogen) atoms. The summed E-state index contributed by atoms with van der Waals surface area (Å²) >= 11 is 0. The van der Waals surface area contributed by atoms with Crippen molar-refractivity contribution >= 4 is 0 Å². The van der Waals surface area contributed by atoms with Gasteiger partial charge in [-0.05, 0) is 24.8 Å². The highest BCUT2D eigenvalue weighted by molar-refractivity contribution is 4.85. The van der Waals surface area contributed by atoms with Gasteiger partial charge >= 0.3 is 0 Å². The van der Waals surface area contributed by atoms with Gasteiger partial charge in [-0.2, -0.15) is 0 Å². The highest BCUT2D eigenvalue weighted by Gasteiger charge is 2.08. The van der Waals surface area contributed by atoms with E-state index in [1.807, 2.05) is 0 Å². The van der Waals surface area contributed by atoms with Crippen molar-refractivity contribution in [2.24, 2.45) is 5.92 Å². The van der Waals surface area contributed by atoms with E-state index in [0.29, 0.717) is 0 Å². The van der Waals surface area contributed by atoms with Crippen LogP contribution in [0.3, 0.4) is 0 Å². The van der Waals surface area contributed by atoms with E-state index in [1.54, 1.807) is 0 Å². The van der Waals surface area contributed by atoms with E-state index < -0.39 is 0 Å². The van der Waals surface area contributed by atoms with E-state index in [-0.39, 0.29) is 0 Å². The SMILES string of the molecule is C=C=CC1CCCCC1. The highest BCUT2D eigenvalue weighted by Crippen LogP contribution is 2.23. The van der Waals surface area contributed by atoms with Gasteiger partial charge in [-0.1, -0.05) is 25.8 Å². The van der Waals surface area contributed by atoms with Crippen LogP contribution < -0.4 is 0 Å². The molecule has 1 aliphatic rings. The van der Waals surface area contributed by atoms with Crippen LogP contribution >= 0.6 is 0 Å². The van der Waals surface area contributed by atoms with Gasteiger partial charge in [0.25, 0.3) is 0 Å². The average Bonchev–Trinajstić information content (AvgIpc) is 1.91. The molecule has 0 heterocycles. The third-order valence-electron chi connectivity index (χ3n) is 2.00. The summed E-state index contributed by atoms with van der Waals surface area (Å²) in [7, 11) is 0. The van der Waals surface area contributed by atoms with Gasteiger partial charge in [-0.3, -0.25) is 0 Å². The van der Waals surface area contributed by atoms with Gasteiger partial charge < -0.3 is 0 Å². The molecule has 0 heteroatoms. The van der Waals surface area contributed by atoms with Gasteiger partial charge in [0, 0.05) is 0 Å². The molecule has 1 aliphatic carbocycles. The maximum Gasteiger partial charge on any atom is -0.0158 e. The summed E-state index contributed by atoms with van der Waals surface area (Å²) in [4.78, 5) is 0. The fourth-order valence-corrected chi connectivity index (χ4v) is 1.47. The Hall–Kier alpha value is -0.480. The second-order valence-corrected chi connectivity index (χ2v) is 2.77. The third kappa shape index (κ3) is 2.07. The van der Waals surface area contributed by atoms with Crippen LogP contribution in [0.1, 0.15) is 32.1 Å². The van der Waals surface area contributed by atoms with Crippen molar-refractivity contribution in [1.29, 1.82) is 0 Å². The molecule has 0 saturated heterocycles.